The van der Waals surface area contributed by atoms with E-state index in [0.717, 1.165) is 12.8 Å². The molecule has 1 aliphatic rings. The van der Waals surface area contributed by atoms with Gasteiger partial charge in [-0.1, -0.05) is 0 Å². The molecule has 0 aromatic carbocycles. The number of alkyl halides is 1. The van der Waals surface area contributed by atoms with Gasteiger partial charge in [-0.25, -0.2) is 9.49 Å². The largest absolute Gasteiger partial charge is 0.368 e. The molecule has 1 fully saturated rings. The lowest BCUT2D eigenvalue weighted by Gasteiger charge is -2.21. The van der Waals surface area contributed by atoms with Crippen LogP contribution in [0.25, 0.3) is 0 Å². The average molecular weight is 184 g/mol. The molecule has 0 bridgehead atoms. The summed E-state index contributed by atoms with van der Waals surface area (Å²) in [5.41, 5.74) is 5.40. The van der Waals surface area contributed by atoms with Gasteiger partial charge in [-0.15, -0.1) is 0 Å². The fourth-order valence-electron chi connectivity index (χ4n) is 1.84. The molecule has 2 unspecified atom stereocenters. The number of rotatable bonds is 1. The number of nitrogens with zero attached hydrogens (tertiary/aromatic N) is 2. The van der Waals surface area contributed by atoms with Crippen molar-refractivity contribution >= 4 is 5.95 Å². The molecule has 2 atom stereocenters. The first-order valence-electron chi connectivity index (χ1n) is 4.57. The molecule has 0 aliphatic heterocycles. The van der Waals surface area contributed by atoms with Crippen molar-refractivity contribution in [1.82, 2.24) is 15.2 Å². The molecule has 0 amide bonds. The minimum atomic E-state index is -0.696. The summed E-state index contributed by atoms with van der Waals surface area (Å²) < 4.78 is 13.0. The van der Waals surface area contributed by atoms with Crippen LogP contribution in [0.4, 0.5) is 10.3 Å². The Morgan fingerprint density at radius 1 is 1.46 bits per heavy atom. The summed E-state index contributed by atoms with van der Waals surface area (Å²) in [6.07, 6.45) is 2.41. The number of hydrogen-bond donors (Lipinski definition) is 2. The summed E-state index contributed by atoms with van der Waals surface area (Å²) in [5, 5.41) is 6.52. The predicted molar refractivity (Wildman–Crippen MR) is 46.9 cm³/mol. The van der Waals surface area contributed by atoms with E-state index in [0.29, 0.717) is 24.6 Å². The number of halogens is 1. The van der Waals surface area contributed by atoms with E-state index < -0.39 is 6.17 Å². The molecule has 72 valence electrons. The van der Waals surface area contributed by atoms with Crippen LogP contribution in [0.15, 0.2) is 0 Å². The summed E-state index contributed by atoms with van der Waals surface area (Å²) in [6.45, 7) is 0. The molecule has 3 N–H and O–H groups in total. The highest BCUT2D eigenvalue weighted by atomic mass is 19.1. The molecule has 1 aromatic rings. The fourth-order valence-corrected chi connectivity index (χ4v) is 1.84. The lowest BCUT2D eigenvalue weighted by atomic mass is 9.87. The Morgan fingerprint density at radius 2 is 2.31 bits per heavy atom. The Labute approximate surface area is 75.7 Å². The monoisotopic (exact) mass is 184 g/mol. The van der Waals surface area contributed by atoms with Gasteiger partial charge < -0.3 is 5.73 Å². The van der Waals surface area contributed by atoms with Crippen molar-refractivity contribution in [2.45, 2.75) is 37.8 Å². The molecular formula is C8H13FN4. The molecule has 0 spiro atoms. The van der Waals surface area contributed by atoms with Crippen LogP contribution >= 0.6 is 0 Å². The van der Waals surface area contributed by atoms with Crippen LogP contribution in [0.1, 0.15) is 37.4 Å². The average Bonchev–Trinajstić information content (AvgIpc) is 2.52. The molecule has 2 rings (SSSR count). The number of hydrogen-bond acceptors (Lipinski definition) is 3. The van der Waals surface area contributed by atoms with Crippen LogP contribution in [0.2, 0.25) is 0 Å². The van der Waals surface area contributed by atoms with E-state index in [4.69, 9.17) is 5.73 Å². The third kappa shape index (κ3) is 1.79. The quantitative estimate of drug-likeness (QED) is 0.692. The Morgan fingerprint density at radius 3 is 2.92 bits per heavy atom. The topological polar surface area (TPSA) is 67.6 Å². The van der Waals surface area contributed by atoms with Gasteiger partial charge in [-0.2, -0.15) is 10.1 Å². The first-order valence-corrected chi connectivity index (χ1v) is 4.57. The molecule has 5 heteroatoms. The highest BCUT2D eigenvalue weighted by molar-refractivity contribution is 5.14. The van der Waals surface area contributed by atoms with Crippen molar-refractivity contribution in [3.05, 3.63) is 5.82 Å². The second-order valence-electron chi connectivity index (χ2n) is 3.54. The predicted octanol–water partition coefficient (Wildman–Crippen LogP) is 1.38. The Bertz CT molecular complexity index is 285. The van der Waals surface area contributed by atoms with Crippen molar-refractivity contribution in [3.63, 3.8) is 0 Å². The Hall–Kier alpha value is -1.13. The lowest BCUT2D eigenvalue weighted by Crippen LogP contribution is -2.15. The zero-order valence-electron chi connectivity index (χ0n) is 7.33. The zero-order chi connectivity index (χ0) is 9.26. The van der Waals surface area contributed by atoms with E-state index in [1.54, 1.807) is 0 Å². The third-order valence-corrected chi connectivity index (χ3v) is 2.50. The summed E-state index contributed by atoms with van der Waals surface area (Å²) in [7, 11) is 0. The van der Waals surface area contributed by atoms with E-state index in [2.05, 4.69) is 15.2 Å². The number of anilines is 1. The van der Waals surface area contributed by atoms with Gasteiger partial charge in [-0.3, -0.25) is 0 Å². The standard InChI is InChI=1S/C8H13FN4/c9-6-3-1-2-5(4-6)7-11-8(10)13-12-7/h5-6H,1-4H2,(H3,10,11,12,13). The Balaban J connectivity index is 2.08. The summed E-state index contributed by atoms with van der Waals surface area (Å²) in [4.78, 5) is 4.01. The van der Waals surface area contributed by atoms with Gasteiger partial charge in [0.05, 0.1) is 0 Å². The molecular weight excluding hydrogens is 171 g/mol. The minimum Gasteiger partial charge on any atom is -0.368 e. The van der Waals surface area contributed by atoms with Crippen molar-refractivity contribution in [2.75, 3.05) is 5.73 Å². The highest BCUT2D eigenvalue weighted by Crippen LogP contribution is 2.32. The van der Waals surface area contributed by atoms with Crippen LogP contribution in [-0.2, 0) is 0 Å². The van der Waals surface area contributed by atoms with Crippen molar-refractivity contribution in [2.24, 2.45) is 0 Å². The van der Waals surface area contributed by atoms with Gasteiger partial charge in [0.25, 0.3) is 0 Å². The van der Waals surface area contributed by atoms with E-state index in [1.165, 1.54) is 0 Å². The van der Waals surface area contributed by atoms with Crippen molar-refractivity contribution in [3.8, 4) is 0 Å². The summed E-state index contributed by atoms with van der Waals surface area (Å²) >= 11 is 0. The van der Waals surface area contributed by atoms with Gasteiger partial charge in [0, 0.05) is 5.92 Å². The SMILES string of the molecule is Nc1nc(C2CCCC(F)C2)n[nH]1. The fraction of sp³-hybridized carbons (Fsp3) is 0.750. The highest BCUT2D eigenvalue weighted by Gasteiger charge is 2.25. The van der Waals surface area contributed by atoms with Crippen molar-refractivity contribution in [1.29, 1.82) is 0 Å². The molecule has 1 saturated carbocycles. The van der Waals surface area contributed by atoms with E-state index >= 15 is 0 Å². The van der Waals surface area contributed by atoms with Gasteiger partial charge in [0.15, 0.2) is 5.82 Å². The minimum absolute atomic E-state index is 0.150. The molecule has 4 nitrogen and oxygen atoms in total. The zero-order valence-corrected chi connectivity index (χ0v) is 7.33. The van der Waals surface area contributed by atoms with E-state index in [-0.39, 0.29) is 5.92 Å². The smallest absolute Gasteiger partial charge is 0.216 e. The summed E-state index contributed by atoms with van der Waals surface area (Å²) in [6, 6.07) is 0. The maximum Gasteiger partial charge on any atom is 0.216 e. The van der Waals surface area contributed by atoms with Gasteiger partial charge in [0.2, 0.25) is 5.95 Å². The molecule has 0 radical (unpaired) electrons. The number of nitrogens with one attached hydrogen (secondary N) is 1. The van der Waals surface area contributed by atoms with Crippen LogP contribution in [0.3, 0.4) is 0 Å². The maximum atomic E-state index is 13.0. The van der Waals surface area contributed by atoms with Crippen molar-refractivity contribution < 1.29 is 4.39 Å². The third-order valence-electron chi connectivity index (χ3n) is 2.50. The van der Waals surface area contributed by atoms with Crippen LogP contribution in [0.5, 0.6) is 0 Å². The van der Waals surface area contributed by atoms with Gasteiger partial charge in [-0.05, 0) is 25.7 Å². The molecule has 1 aromatic heterocycles. The van der Waals surface area contributed by atoms with Gasteiger partial charge >= 0.3 is 0 Å². The van der Waals surface area contributed by atoms with Gasteiger partial charge in [0.1, 0.15) is 6.17 Å². The summed E-state index contributed by atoms with van der Waals surface area (Å²) in [5.74, 6) is 1.13. The van der Waals surface area contributed by atoms with E-state index in [9.17, 15) is 4.39 Å². The number of aromatic amines is 1. The second-order valence-corrected chi connectivity index (χ2v) is 3.54. The first-order chi connectivity index (χ1) is 6.25. The maximum absolute atomic E-state index is 13.0. The van der Waals surface area contributed by atoms with Crippen LogP contribution < -0.4 is 5.73 Å². The van der Waals surface area contributed by atoms with Crippen LogP contribution in [-0.4, -0.2) is 21.4 Å². The normalized spacial score (nSPS) is 29.0. The molecule has 1 heterocycles. The molecule has 13 heavy (non-hydrogen) atoms. The number of aromatic nitrogens is 3. The number of H-pyrrole nitrogens is 1. The molecule has 1 aliphatic carbocycles. The first kappa shape index (κ1) is 8.47. The van der Waals surface area contributed by atoms with E-state index in [1.807, 2.05) is 0 Å². The number of nitrogens with two attached hydrogens (primary N) is 1. The number of nitrogen functional groups attached to an aromatic ring is 1. The molecule has 0 saturated heterocycles. The van der Waals surface area contributed by atoms with Crippen LogP contribution in [0, 0.1) is 0 Å². The lowest BCUT2D eigenvalue weighted by molar-refractivity contribution is 0.228. The Kier molecular flexibility index (Phi) is 2.16. The second kappa shape index (κ2) is 3.32.